The molecule has 8 nitrogen and oxygen atoms in total. The Balaban J connectivity index is 1.67. The largest absolute Gasteiger partial charge is 0.492 e. The van der Waals surface area contributed by atoms with Gasteiger partial charge >= 0.3 is 12.2 Å². The van der Waals surface area contributed by atoms with Crippen LogP contribution in [0.2, 0.25) is 0 Å². The number of aromatic nitrogens is 2. The molecule has 0 saturated carbocycles. The van der Waals surface area contributed by atoms with Gasteiger partial charge in [-0.2, -0.15) is 13.2 Å². The monoisotopic (exact) mass is 519 g/mol. The first-order valence-corrected chi connectivity index (χ1v) is 11.9. The lowest BCUT2D eigenvalue weighted by atomic mass is 10.1. The molecule has 0 saturated heterocycles. The van der Waals surface area contributed by atoms with Crippen molar-refractivity contribution in [2.45, 2.75) is 31.6 Å². The van der Waals surface area contributed by atoms with Gasteiger partial charge in [0.1, 0.15) is 11.6 Å². The van der Waals surface area contributed by atoms with Gasteiger partial charge in [-0.15, -0.1) is 0 Å². The number of aryl methyl sites for hydroxylation is 1. The molecular formula is C24H24F3N5O3S. The lowest BCUT2D eigenvalue weighted by molar-refractivity contribution is -0.141. The van der Waals surface area contributed by atoms with E-state index >= 15 is 0 Å². The highest BCUT2D eigenvalue weighted by Gasteiger charge is 2.34. The van der Waals surface area contributed by atoms with Gasteiger partial charge in [-0.05, 0) is 43.2 Å². The summed E-state index contributed by atoms with van der Waals surface area (Å²) in [6.45, 7) is 4.15. The second kappa shape index (κ2) is 12.2. The summed E-state index contributed by atoms with van der Waals surface area (Å²) >= 11 is 0.666. The van der Waals surface area contributed by atoms with Crippen LogP contribution >= 0.6 is 11.8 Å². The number of para-hydroxylation sites is 2. The van der Waals surface area contributed by atoms with Crippen molar-refractivity contribution >= 4 is 40.9 Å². The van der Waals surface area contributed by atoms with Crippen molar-refractivity contribution in [3.05, 3.63) is 65.9 Å². The Labute approximate surface area is 210 Å². The summed E-state index contributed by atoms with van der Waals surface area (Å²) in [4.78, 5) is 31.9. The SMILES string of the molecule is CCOc1ccccc1Nc1cc(C(F)(F)F)nc(SCC(=O)NC(=O)Nc2ccc(CC)cc2)n1. The van der Waals surface area contributed by atoms with E-state index in [0.717, 1.165) is 18.1 Å². The average molecular weight is 520 g/mol. The van der Waals surface area contributed by atoms with Gasteiger partial charge < -0.3 is 15.4 Å². The molecule has 0 atom stereocenters. The maximum absolute atomic E-state index is 13.4. The number of carbonyl (C=O) groups excluding carboxylic acids is 2. The molecular weight excluding hydrogens is 495 g/mol. The third kappa shape index (κ3) is 7.87. The van der Waals surface area contributed by atoms with Crippen LogP contribution in [0, 0.1) is 0 Å². The van der Waals surface area contributed by atoms with Crippen molar-refractivity contribution < 1.29 is 27.5 Å². The maximum Gasteiger partial charge on any atom is 0.433 e. The van der Waals surface area contributed by atoms with E-state index in [2.05, 4.69) is 25.9 Å². The van der Waals surface area contributed by atoms with Crippen LogP contribution in [-0.2, 0) is 17.4 Å². The fraction of sp³-hybridized carbons (Fsp3) is 0.250. The summed E-state index contributed by atoms with van der Waals surface area (Å²) in [6.07, 6.45) is -3.89. The predicted octanol–water partition coefficient (Wildman–Crippen LogP) is 5.64. The number of urea groups is 1. The minimum atomic E-state index is -4.73. The van der Waals surface area contributed by atoms with E-state index in [9.17, 15) is 22.8 Å². The van der Waals surface area contributed by atoms with E-state index < -0.39 is 23.8 Å². The van der Waals surface area contributed by atoms with E-state index in [0.29, 0.717) is 35.5 Å². The first-order valence-electron chi connectivity index (χ1n) is 11.0. The van der Waals surface area contributed by atoms with Crippen molar-refractivity contribution in [2.24, 2.45) is 0 Å². The zero-order valence-corrected chi connectivity index (χ0v) is 20.3. The predicted molar refractivity (Wildman–Crippen MR) is 132 cm³/mol. The molecule has 0 unspecified atom stereocenters. The van der Waals surface area contributed by atoms with E-state index in [1.165, 1.54) is 0 Å². The summed E-state index contributed by atoms with van der Waals surface area (Å²) in [5.74, 6) is -0.782. The third-order valence-electron chi connectivity index (χ3n) is 4.65. The summed E-state index contributed by atoms with van der Waals surface area (Å²) in [6, 6.07) is 13.8. The van der Waals surface area contributed by atoms with Crippen molar-refractivity contribution in [1.82, 2.24) is 15.3 Å². The van der Waals surface area contributed by atoms with Gasteiger partial charge in [0, 0.05) is 11.8 Å². The van der Waals surface area contributed by atoms with Crippen molar-refractivity contribution in [1.29, 1.82) is 0 Å². The highest BCUT2D eigenvalue weighted by Crippen LogP contribution is 2.33. The van der Waals surface area contributed by atoms with Crippen LogP contribution in [0.3, 0.4) is 0 Å². The number of nitrogens with zero attached hydrogens (tertiary/aromatic N) is 2. The Hall–Kier alpha value is -3.80. The van der Waals surface area contributed by atoms with Gasteiger partial charge in [-0.25, -0.2) is 14.8 Å². The molecule has 0 bridgehead atoms. The number of hydrogen-bond donors (Lipinski definition) is 3. The highest BCUT2D eigenvalue weighted by molar-refractivity contribution is 7.99. The third-order valence-corrected chi connectivity index (χ3v) is 5.50. The minimum Gasteiger partial charge on any atom is -0.492 e. The zero-order valence-electron chi connectivity index (χ0n) is 19.5. The number of benzene rings is 2. The second-order valence-electron chi connectivity index (χ2n) is 7.31. The van der Waals surface area contributed by atoms with Crippen LogP contribution in [0.15, 0.2) is 59.8 Å². The Morgan fingerprint density at radius 1 is 1.03 bits per heavy atom. The number of anilines is 3. The van der Waals surface area contributed by atoms with E-state index in [1.807, 2.05) is 19.1 Å². The first kappa shape index (κ1) is 26.8. The number of imide groups is 1. The lowest BCUT2D eigenvalue weighted by Crippen LogP contribution is -2.35. The molecule has 0 aliphatic carbocycles. The molecule has 3 amide bonds. The highest BCUT2D eigenvalue weighted by atomic mass is 32.2. The van der Waals surface area contributed by atoms with Crippen LogP contribution in [0.25, 0.3) is 0 Å². The smallest absolute Gasteiger partial charge is 0.433 e. The Morgan fingerprint density at radius 2 is 1.75 bits per heavy atom. The Bertz CT molecular complexity index is 1210. The normalized spacial score (nSPS) is 11.0. The molecule has 36 heavy (non-hydrogen) atoms. The van der Waals surface area contributed by atoms with E-state index in [4.69, 9.17) is 4.74 Å². The quantitative estimate of drug-likeness (QED) is 0.248. The number of ether oxygens (including phenoxy) is 1. The molecule has 3 aromatic rings. The molecule has 3 N–H and O–H groups in total. The lowest BCUT2D eigenvalue weighted by Gasteiger charge is -2.14. The fourth-order valence-electron chi connectivity index (χ4n) is 2.97. The molecule has 12 heteroatoms. The number of hydrogen-bond acceptors (Lipinski definition) is 7. The van der Waals surface area contributed by atoms with Gasteiger partial charge in [-0.1, -0.05) is 43.0 Å². The van der Waals surface area contributed by atoms with E-state index in [-0.39, 0.29) is 16.7 Å². The molecule has 190 valence electrons. The maximum atomic E-state index is 13.4. The van der Waals surface area contributed by atoms with Gasteiger partial charge in [0.05, 0.1) is 18.0 Å². The van der Waals surface area contributed by atoms with Crippen LogP contribution < -0.4 is 20.7 Å². The van der Waals surface area contributed by atoms with Crippen LogP contribution in [0.4, 0.5) is 35.2 Å². The van der Waals surface area contributed by atoms with Gasteiger partial charge in [0.2, 0.25) is 5.91 Å². The summed E-state index contributed by atoms with van der Waals surface area (Å²) in [7, 11) is 0. The van der Waals surface area contributed by atoms with Gasteiger partial charge in [-0.3, -0.25) is 10.1 Å². The summed E-state index contributed by atoms with van der Waals surface area (Å²) in [5, 5.41) is 7.18. The zero-order chi connectivity index (χ0) is 26.1. The number of nitrogens with one attached hydrogen (secondary N) is 3. The van der Waals surface area contributed by atoms with Crippen molar-refractivity contribution in [2.75, 3.05) is 23.0 Å². The molecule has 0 fully saturated rings. The molecule has 3 rings (SSSR count). The van der Waals surface area contributed by atoms with E-state index in [1.54, 1.807) is 43.3 Å². The van der Waals surface area contributed by atoms with Crippen LogP contribution in [-0.4, -0.2) is 34.3 Å². The molecule has 1 aromatic heterocycles. The van der Waals surface area contributed by atoms with Gasteiger partial charge in [0.25, 0.3) is 0 Å². The number of carbonyl (C=O) groups is 2. The fourth-order valence-corrected chi connectivity index (χ4v) is 3.63. The Kier molecular flexibility index (Phi) is 9.12. The topological polar surface area (TPSA) is 105 Å². The van der Waals surface area contributed by atoms with Crippen LogP contribution in [0.1, 0.15) is 25.1 Å². The number of amides is 3. The van der Waals surface area contributed by atoms with Crippen LogP contribution in [0.5, 0.6) is 5.75 Å². The molecule has 0 spiro atoms. The summed E-state index contributed by atoms with van der Waals surface area (Å²) in [5.41, 5.74) is 0.827. The molecule has 1 heterocycles. The van der Waals surface area contributed by atoms with Crippen molar-refractivity contribution in [3.8, 4) is 5.75 Å². The molecule has 0 aliphatic rings. The van der Waals surface area contributed by atoms with Gasteiger partial charge in [0.15, 0.2) is 10.9 Å². The first-order chi connectivity index (χ1) is 17.2. The standard InChI is InChI=1S/C24H24F3N5O3S/c1-3-15-9-11-16(12-10-15)28-22(34)32-21(33)14-36-23-30-19(24(25,26)27)13-20(31-23)29-17-7-5-6-8-18(17)35-4-2/h5-13H,3-4,14H2,1-2H3,(H,29,30,31)(H2,28,32,33,34). The van der Waals surface area contributed by atoms with Crippen molar-refractivity contribution in [3.63, 3.8) is 0 Å². The number of halogens is 3. The number of alkyl halides is 3. The second-order valence-corrected chi connectivity index (χ2v) is 8.26. The molecule has 2 aromatic carbocycles. The minimum absolute atomic E-state index is 0.124. The summed E-state index contributed by atoms with van der Waals surface area (Å²) < 4.78 is 45.8. The molecule has 0 radical (unpaired) electrons. The number of rotatable bonds is 9. The Morgan fingerprint density at radius 3 is 2.42 bits per heavy atom. The molecule has 0 aliphatic heterocycles. The number of thioether (sulfide) groups is 1. The average Bonchev–Trinajstić information content (AvgIpc) is 2.84.